The van der Waals surface area contributed by atoms with Gasteiger partial charge in [0.05, 0.1) is 0 Å². The van der Waals surface area contributed by atoms with Crippen LogP contribution in [-0.2, 0) is 4.79 Å². The first-order valence-electron chi connectivity index (χ1n) is 5.91. The van der Waals surface area contributed by atoms with Gasteiger partial charge in [-0.3, -0.25) is 4.79 Å². The van der Waals surface area contributed by atoms with Crippen LogP contribution in [0.25, 0.3) is 11.4 Å². The summed E-state index contributed by atoms with van der Waals surface area (Å²) < 4.78 is 42.8. The standard InChI is InChI=1S/C13H10BrF3N2O2/c1-6-5-8(14)3-4-9(6)11-18-12(21-19-11)7(2)10(20)13(15,16)17/h3-5,7H,1-2H3. The van der Waals surface area contributed by atoms with Crippen molar-refractivity contribution in [2.75, 3.05) is 0 Å². The van der Waals surface area contributed by atoms with Crippen LogP contribution in [0.2, 0.25) is 0 Å². The molecule has 0 amide bonds. The van der Waals surface area contributed by atoms with Gasteiger partial charge in [-0.1, -0.05) is 21.1 Å². The number of nitrogens with zero attached hydrogens (tertiary/aromatic N) is 2. The van der Waals surface area contributed by atoms with Crippen LogP contribution >= 0.6 is 15.9 Å². The number of aryl methyl sites for hydroxylation is 1. The molecule has 0 radical (unpaired) electrons. The van der Waals surface area contributed by atoms with Crippen LogP contribution in [-0.4, -0.2) is 22.1 Å². The van der Waals surface area contributed by atoms with E-state index in [9.17, 15) is 18.0 Å². The molecular weight excluding hydrogens is 353 g/mol. The lowest BCUT2D eigenvalue weighted by atomic mass is 10.1. The number of Topliss-reactive ketones (excluding diaryl/α,β-unsaturated/α-hetero) is 1. The molecule has 0 spiro atoms. The van der Waals surface area contributed by atoms with E-state index in [1.807, 2.05) is 6.07 Å². The molecule has 0 aliphatic carbocycles. The number of benzene rings is 1. The molecule has 21 heavy (non-hydrogen) atoms. The van der Waals surface area contributed by atoms with Gasteiger partial charge in [0.15, 0.2) is 0 Å². The van der Waals surface area contributed by atoms with E-state index in [0.717, 1.165) is 17.0 Å². The fourth-order valence-corrected chi connectivity index (χ4v) is 2.23. The maximum absolute atomic E-state index is 12.4. The summed E-state index contributed by atoms with van der Waals surface area (Å²) in [5.74, 6) is -3.64. The van der Waals surface area contributed by atoms with Gasteiger partial charge in [-0.2, -0.15) is 18.2 Å². The van der Waals surface area contributed by atoms with E-state index in [1.165, 1.54) is 0 Å². The summed E-state index contributed by atoms with van der Waals surface area (Å²) in [6, 6.07) is 5.28. The molecule has 0 bridgehead atoms. The van der Waals surface area contributed by atoms with Crippen molar-refractivity contribution in [2.45, 2.75) is 25.9 Å². The van der Waals surface area contributed by atoms with Crippen LogP contribution in [0.5, 0.6) is 0 Å². The molecule has 0 fully saturated rings. The topological polar surface area (TPSA) is 56.0 Å². The molecule has 1 heterocycles. The van der Waals surface area contributed by atoms with Crippen LogP contribution in [0, 0.1) is 6.92 Å². The van der Waals surface area contributed by atoms with Gasteiger partial charge in [0.2, 0.25) is 17.5 Å². The summed E-state index contributed by atoms with van der Waals surface area (Å²) in [5.41, 5.74) is 1.45. The van der Waals surface area contributed by atoms with Gasteiger partial charge >= 0.3 is 6.18 Å². The number of carbonyl (C=O) groups excluding carboxylic acids is 1. The first-order chi connectivity index (χ1) is 9.70. The lowest BCUT2D eigenvalue weighted by molar-refractivity contribution is -0.172. The molecule has 0 saturated carbocycles. The molecule has 8 heteroatoms. The van der Waals surface area contributed by atoms with Crippen LogP contribution in [0.3, 0.4) is 0 Å². The molecule has 0 N–H and O–H groups in total. The molecule has 2 rings (SSSR count). The average molecular weight is 363 g/mol. The van der Waals surface area contributed by atoms with Gasteiger partial charge < -0.3 is 4.52 Å². The number of ketones is 1. The Morgan fingerprint density at radius 2 is 2.05 bits per heavy atom. The number of alkyl halides is 3. The van der Waals surface area contributed by atoms with Crippen molar-refractivity contribution >= 4 is 21.7 Å². The number of halogens is 4. The first kappa shape index (κ1) is 15.7. The second kappa shape index (κ2) is 5.59. The monoisotopic (exact) mass is 362 g/mol. The summed E-state index contributed by atoms with van der Waals surface area (Å²) in [6.07, 6.45) is -4.93. The zero-order chi connectivity index (χ0) is 15.8. The molecule has 0 saturated heterocycles. The summed E-state index contributed by atoms with van der Waals surface area (Å²) in [6.45, 7) is 2.89. The van der Waals surface area contributed by atoms with Gasteiger partial charge in [0, 0.05) is 10.0 Å². The Morgan fingerprint density at radius 3 is 2.62 bits per heavy atom. The highest BCUT2D eigenvalue weighted by molar-refractivity contribution is 9.10. The van der Waals surface area contributed by atoms with Crippen LogP contribution in [0.4, 0.5) is 13.2 Å². The van der Waals surface area contributed by atoms with Gasteiger partial charge in [-0.05, 0) is 37.6 Å². The Kier molecular flexibility index (Phi) is 4.18. The SMILES string of the molecule is Cc1cc(Br)ccc1-c1noc(C(C)C(=O)C(F)(F)F)n1. The zero-order valence-corrected chi connectivity index (χ0v) is 12.6. The second-order valence-electron chi connectivity index (χ2n) is 4.50. The van der Waals surface area contributed by atoms with Crippen molar-refractivity contribution < 1.29 is 22.5 Å². The molecule has 1 aromatic carbocycles. The van der Waals surface area contributed by atoms with E-state index in [4.69, 9.17) is 4.52 Å². The molecule has 2 aromatic rings. The van der Waals surface area contributed by atoms with Crippen LogP contribution < -0.4 is 0 Å². The number of hydrogen-bond donors (Lipinski definition) is 0. The molecule has 4 nitrogen and oxygen atoms in total. The van der Waals surface area contributed by atoms with Gasteiger partial charge in [-0.15, -0.1) is 0 Å². The van der Waals surface area contributed by atoms with E-state index in [1.54, 1.807) is 19.1 Å². The van der Waals surface area contributed by atoms with Crippen molar-refractivity contribution in [1.29, 1.82) is 0 Å². The van der Waals surface area contributed by atoms with E-state index in [-0.39, 0.29) is 11.7 Å². The average Bonchev–Trinajstić information content (AvgIpc) is 2.85. The number of rotatable bonds is 3. The third kappa shape index (κ3) is 3.31. The molecule has 1 aromatic heterocycles. The van der Waals surface area contributed by atoms with Crippen molar-refractivity contribution in [1.82, 2.24) is 10.1 Å². The van der Waals surface area contributed by atoms with E-state index >= 15 is 0 Å². The van der Waals surface area contributed by atoms with Gasteiger partial charge in [0.25, 0.3) is 0 Å². The maximum atomic E-state index is 12.4. The van der Waals surface area contributed by atoms with Crippen LogP contribution in [0.15, 0.2) is 27.2 Å². The summed E-state index contributed by atoms with van der Waals surface area (Å²) in [5, 5.41) is 3.64. The minimum absolute atomic E-state index is 0.150. The fraction of sp³-hybridized carbons (Fsp3) is 0.308. The predicted molar refractivity (Wildman–Crippen MR) is 71.6 cm³/mol. The van der Waals surface area contributed by atoms with Crippen molar-refractivity contribution in [3.8, 4) is 11.4 Å². The van der Waals surface area contributed by atoms with Crippen molar-refractivity contribution in [3.05, 3.63) is 34.1 Å². The fourth-order valence-electron chi connectivity index (χ4n) is 1.76. The summed E-state index contributed by atoms with van der Waals surface area (Å²) in [4.78, 5) is 15.1. The molecular formula is C13H10BrF3N2O2. The Hall–Kier alpha value is -1.70. The molecule has 1 unspecified atom stereocenters. The molecule has 1 atom stereocenters. The first-order valence-corrected chi connectivity index (χ1v) is 6.70. The summed E-state index contributed by atoms with van der Waals surface area (Å²) >= 11 is 3.30. The highest BCUT2D eigenvalue weighted by atomic mass is 79.9. The lowest BCUT2D eigenvalue weighted by Crippen LogP contribution is -2.27. The minimum Gasteiger partial charge on any atom is -0.338 e. The zero-order valence-electron chi connectivity index (χ0n) is 11.0. The third-order valence-corrected chi connectivity index (χ3v) is 3.41. The highest BCUT2D eigenvalue weighted by Crippen LogP contribution is 2.29. The van der Waals surface area contributed by atoms with Crippen LogP contribution in [0.1, 0.15) is 24.3 Å². The Bertz CT molecular complexity index is 682. The minimum atomic E-state index is -4.93. The number of aromatic nitrogens is 2. The predicted octanol–water partition coefficient (Wildman–Crippen LogP) is 4.04. The molecule has 0 aliphatic rings. The Morgan fingerprint density at radius 1 is 1.38 bits per heavy atom. The van der Waals surface area contributed by atoms with Crippen molar-refractivity contribution in [2.24, 2.45) is 0 Å². The van der Waals surface area contributed by atoms with Gasteiger partial charge in [0.1, 0.15) is 5.92 Å². The van der Waals surface area contributed by atoms with E-state index < -0.39 is 17.9 Å². The molecule has 112 valence electrons. The largest absolute Gasteiger partial charge is 0.450 e. The molecule has 0 aliphatic heterocycles. The maximum Gasteiger partial charge on any atom is 0.450 e. The highest BCUT2D eigenvalue weighted by Gasteiger charge is 2.44. The smallest absolute Gasteiger partial charge is 0.338 e. The van der Waals surface area contributed by atoms with E-state index in [2.05, 4.69) is 26.1 Å². The Balaban J connectivity index is 2.32. The normalized spacial score (nSPS) is 13.2. The third-order valence-electron chi connectivity index (χ3n) is 2.91. The summed E-state index contributed by atoms with van der Waals surface area (Å²) in [7, 11) is 0. The number of hydrogen-bond acceptors (Lipinski definition) is 4. The Labute approximate surface area is 126 Å². The van der Waals surface area contributed by atoms with Crippen molar-refractivity contribution in [3.63, 3.8) is 0 Å². The number of carbonyl (C=O) groups is 1. The quantitative estimate of drug-likeness (QED) is 0.826. The lowest BCUT2D eigenvalue weighted by Gasteiger charge is -2.08. The second-order valence-corrected chi connectivity index (χ2v) is 5.41. The van der Waals surface area contributed by atoms with E-state index in [0.29, 0.717) is 5.56 Å². The van der Waals surface area contributed by atoms with Gasteiger partial charge in [-0.25, -0.2) is 0 Å².